The SMILES string of the molecule is C/C=C/[C@@H](CC1CC1)C(=O)O.C=Cc1ccc2ccc([C@@H](C)OC(=O)[C@@H]3CCCN(C(=O)[C@H](C)NC(=O)[C@@H](CC(=O)OC(C)(C)C)C(C)C)N3)nc2c1.C=Cc1ccc2ccc([C@@H](C)OC(=O)[C@@H]3CCCN(C(=O)[C@H](C)NC(=O)[C@@H](NC(=O)[C@@H](/C=C/C)CC4CC4)C(C)C)N3)nc2c1. The zero-order valence-electron chi connectivity index (χ0n) is 59.6. The van der Waals surface area contributed by atoms with Gasteiger partial charge in [-0.2, -0.15) is 0 Å². The Kier molecular flexibility index (Phi) is 29.4. The highest BCUT2D eigenvalue weighted by molar-refractivity contribution is 5.93. The first-order chi connectivity index (χ1) is 46.4. The maximum atomic E-state index is 13.3. The number of aromatic nitrogens is 2. The molecule has 2 aromatic heterocycles. The van der Waals surface area contributed by atoms with Crippen molar-refractivity contribution in [2.75, 3.05) is 13.1 Å². The standard InChI is InChI=1S/C35H47N5O5.C32H44N4O6.C9H14O2/c1-7-10-27(19-25-12-13-25)32(41)38-31(21(3)4)33(42)36-22(5)34(43)40-18-9-11-29(39-40)35(44)45-23(6)28-17-16-26-15-14-24(8-2)20-30(26)37-28;1-9-22-12-13-23-14-15-25(34-27(23)17-22)21(5)41-31(40)26-11-10-16-36(35-26)30(39)20(4)33-29(38)24(19(2)3)18-28(37)42-32(6,7)8;1-2-3-8(9(10)11)6-7-4-5-7/h7-8,10,14-17,20-23,25,27,29,31,39H,2,9,11-13,18-19H2,1,3-6H3,(H,36,42)(H,38,41);9,12-15,17,19-21,24,26,35H,1,10-11,16,18H2,2-8H3,(H,33,38);2-3,7-8H,4-6H2,1H3,(H,10,11)/b10-7+;;3-2+/t22-,23+,27-,29-,31-;20-,21+,24-,26-;8-/m000/s1. The van der Waals surface area contributed by atoms with E-state index in [9.17, 15) is 43.2 Å². The molecule has 8 rings (SSSR count). The number of amides is 5. The predicted molar refractivity (Wildman–Crippen MR) is 378 cm³/mol. The lowest BCUT2D eigenvalue weighted by atomic mass is 9.91. The molecule has 2 saturated carbocycles. The Bertz CT molecular complexity index is 3530. The van der Waals surface area contributed by atoms with E-state index in [4.69, 9.17) is 19.3 Å². The maximum Gasteiger partial charge on any atom is 0.325 e. The average molecular weight is 1350 g/mol. The minimum absolute atomic E-state index is 0.0861. The van der Waals surface area contributed by atoms with Crippen LogP contribution in [0.25, 0.3) is 34.0 Å². The van der Waals surface area contributed by atoms with Crippen molar-refractivity contribution in [1.82, 2.24) is 46.8 Å². The van der Waals surface area contributed by atoms with E-state index in [0.717, 1.165) is 58.6 Å². The van der Waals surface area contributed by atoms with Crippen LogP contribution in [0.5, 0.6) is 0 Å². The summed E-state index contributed by atoms with van der Waals surface area (Å²) in [7, 11) is 0. The van der Waals surface area contributed by atoms with Gasteiger partial charge in [0.25, 0.3) is 11.8 Å². The van der Waals surface area contributed by atoms with Gasteiger partial charge in [0.05, 0.1) is 46.6 Å². The highest BCUT2D eigenvalue weighted by atomic mass is 16.6. The minimum atomic E-state index is -0.878. The summed E-state index contributed by atoms with van der Waals surface area (Å²) in [5.41, 5.74) is 10.00. The third kappa shape index (κ3) is 24.1. The Morgan fingerprint density at radius 3 is 1.42 bits per heavy atom. The quantitative estimate of drug-likeness (QED) is 0.0184. The summed E-state index contributed by atoms with van der Waals surface area (Å²) < 4.78 is 16.9. The first-order valence-electron chi connectivity index (χ1n) is 34.7. The molecule has 4 aliphatic rings. The normalized spacial score (nSPS) is 18.8. The Morgan fingerprint density at radius 1 is 0.592 bits per heavy atom. The van der Waals surface area contributed by atoms with Gasteiger partial charge in [-0.05, 0) is 160 Å². The number of allylic oxidation sites excluding steroid dienone is 2. The van der Waals surface area contributed by atoms with Crippen molar-refractivity contribution in [2.24, 2.45) is 41.4 Å². The van der Waals surface area contributed by atoms with Gasteiger partial charge in [-0.15, -0.1) is 0 Å². The van der Waals surface area contributed by atoms with Gasteiger partial charge < -0.3 is 35.3 Å². The van der Waals surface area contributed by atoms with Crippen LogP contribution in [0.4, 0.5) is 0 Å². The van der Waals surface area contributed by atoms with Crippen LogP contribution in [0.15, 0.2) is 98.1 Å². The molecule has 22 heteroatoms. The molecule has 532 valence electrons. The van der Waals surface area contributed by atoms with Crippen LogP contribution < -0.4 is 26.8 Å². The average Bonchev–Trinajstić information content (AvgIpc) is 1.23. The minimum Gasteiger partial charge on any atom is -0.481 e. The molecule has 22 nitrogen and oxygen atoms in total. The summed E-state index contributed by atoms with van der Waals surface area (Å²) in [4.78, 5) is 124. The predicted octanol–water partition coefficient (Wildman–Crippen LogP) is 11.2. The largest absolute Gasteiger partial charge is 0.481 e. The molecule has 2 aliphatic carbocycles. The number of hydrogen-bond donors (Lipinski definition) is 6. The van der Waals surface area contributed by atoms with Crippen molar-refractivity contribution < 1.29 is 62.5 Å². The highest BCUT2D eigenvalue weighted by Crippen LogP contribution is 2.37. The van der Waals surface area contributed by atoms with Crippen LogP contribution in [0.3, 0.4) is 0 Å². The Morgan fingerprint density at radius 2 is 1.02 bits per heavy atom. The smallest absolute Gasteiger partial charge is 0.325 e. The number of carbonyl (C=O) groups is 9. The summed E-state index contributed by atoms with van der Waals surface area (Å²) in [6.45, 7) is 31.5. The fourth-order valence-corrected chi connectivity index (χ4v) is 11.5. The molecule has 2 aromatic carbocycles. The molecule has 0 bridgehead atoms. The second-order valence-electron chi connectivity index (χ2n) is 27.9. The van der Waals surface area contributed by atoms with Gasteiger partial charge in [0, 0.05) is 23.9 Å². The Hall–Kier alpha value is -8.63. The summed E-state index contributed by atoms with van der Waals surface area (Å²) >= 11 is 0. The molecule has 4 fully saturated rings. The second kappa shape index (κ2) is 36.8. The van der Waals surface area contributed by atoms with Crippen molar-refractivity contribution in [2.45, 2.75) is 209 Å². The number of ether oxygens (including phenoxy) is 3. The van der Waals surface area contributed by atoms with Crippen LogP contribution in [0, 0.1) is 41.4 Å². The number of fused-ring (bicyclic) bond motifs is 2. The molecule has 6 N–H and O–H groups in total. The number of nitrogens with zero attached hydrogens (tertiary/aromatic N) is 4. The molecule has 10 atom stereocenters. The maximum absolute atomic E-state index is 13.3. The lowest BCUT2D eigenvalue weighted by Crippen LogP contribution is -2.61. The first kappa shape index (κ1) is 78.4. The number of hydrazine groups is 2. The first-order valence-corrected chi connectivity index (χ1v) is 34.7. The van der Waals surface area contributed by atoms with Gasteiger partial charge in [-0.3, -0.25) is 53.2 Å². The molecule has 4 heterocycles. The van der Waals surface area contributed by atoms with Crippen molar-refractivity contribution in [3.8, 4) is 0 Å². The van der Waals surface area contributed by atoms with Gasteiger partial charge >= 0.3 is 23.9 Å². The number of hydrogen-bond acceptors (Lipinski definition) is 16. The van der Waals surface area contributed by atoms with E-state index >= 15 is 0 Å². The molecule has 5 amide bonds. The Labute approximate surface area is 577 Å². The topological polar surface area (TPSA) is 294 Å². The number of benzene rings is 2. The van der Waals surface area contributed by atoms with Crippen LogP contribution in [0.1, 0.15) is 195 Å². The second-order valence-corrected chi connectivity index (χ2v) is 27.9. The number of aliphatic carboxylic acids is 1. The molecular formula is C76H105N9O13. The van der Waals surface area contributed by atoms with E-state index in [1.807, 2.05) is 120 Å². The third-order valence-corrected chi connectivity index (χ3v) is 17.6. The van der Waals surface area contributed by atoms with Gasteiger partial charge in [0.1, 0.15) is 48.0 Å². The van der Waals surface area contributed by atoms with E-state index in [-0.39, 0.29) is 47.8 Å². The van der Waals surface area contributed by atoms with E-state index in [0.29, 0.717) is 62.0 Å². The van der Waals surface area contributed by atoms with Crippen molar-refractivity contribution in [1.29, 1.82) is 0 Å². The molecule has 2 aliphatic heterocycles. The number of carboxylic acids is 1. The lowest BCUT2D eigenvalue weighted by Gasteiger charge is -2.35. The molecular weight excluding hydrogens is 1250 g/mol. The van der Waals surface area contributed by atoms with Crippen LogP contribution in [-0.4, -0.2) is 127 Å². The highest BCUT2D eigenvalue weighted by Gasteiger charge is 2.38. The van der Waals surface area contributed by atoms with Gasteiger partial charge in [0.15, 0.2) is 0 Å². The molecule has 4 aromatic rings. The number of carboxylic acid groups (broad SMARTS) is 1. The van der Waals surface area contributed by atoms with E-state index in [1.165, 1.54) is 22.9 Å². The summed E-state index contributed by atoms with van der Waals surface area (Å²) in [6, 6.07) is 15.3. The lowest BCUT2D eigenvalue weighted by molar-refractivity contribution is -0.158. The molecule has 0 unspecified atom stereocenters. The van der Waals surface area contributed by atoms with E-state index in [2.05, 4.69) is 49.9 Å². The molecule has 0 radical (unpaired) electrons. The number of esters is 3. The zero-order chi connectivity index (χ0) is 72.1. The van der Waals surface area contributed by atoms with Gasteiger partial charge in [0.2, 0.25) is 17.7 Å². The van der Waals surface area contributed by atoms with E-state index < -0.39 is 89.6 Å². The molecule has 98 heavy (non-hydrogen) atoms. The third-order valence-electron chi connectivity index (χ3n) is 17.6. The van der Waals surface area contributed by atoms with Crippen LogP contribution in [0.2, 0.25) is 0 Å². The molecule has 0 spiro atoms. The van der Waals surface area contributed by atoms with Crippen LogP contribution >= 0.6 is 0 Å². The van der Waals surface area contributed by atoms with Crippen molar-refractivity contribution in [3.05, 3.63) is 121 Å². The number of pyridine rings is 2. The fourth-order valence-electron chi connectivity index (χ4n) is 11.5. The number of rotatable bonds is 27. The zero-order valence-corrected chi connectivity index (χ0v) is 59.6. The summed E-state index contributed by atoms with van der Waals surface area (Å²) in [5, 5.41) is 21.8. The number of carbonyl (C=O) groups excluding carboxylic acids is 8. The van der Waals surface area contributed by atoms with Crippen LogP contribution in [-0.2, 0) is 57.4 Å². The number of nitrogens with one attached hydrogen (secondary N) is 5. The van der Waals surface area contributed by atoms with Gasteiger partial charge in [-0.25, -0.2) is 20.8 Å². The Balaban J connectivity index is 0.000000267. The van der Waals surface area contributed by atoms with Crippen molar-refractivity contribution in [3.63, 3.8) is 0 Å². The monoisotopic (exact) mass is 1350 g/mol. The molecule has 2 saturated heterocycles. The summed E-state index contributed by atoms with van der Waals surface area (Å²) in [5.74, 6) is -4.15. The van der Waals surface area contributed by atoms with Gasteiger partial charge in [-0.1, -0.05) is 139 Å². The van der Waals surface area contributed by atoms with Crippen molar-refractivity contribution >= 4 is 87.4 Å². The fraction of sp³-hybridized carbons (Fsp3) is 0.539. The van der Waals surface area contributed by atoms with E-state index in [1.54, 1.807) is 66.7 Å². The summed E-state index contributed by atoms with van der Waals surface area (Å²) in [6.07, 6.45) is 18.1.